The highest BCUT2D eigenvalue weighted by Crippen LogP contribution is 2.66. The smallest absolute Gasteiger partial charge is 0.110 e. The Hall–Kier alpha value is -0.830. The summed E-state index contributed by atoms with van der Waals surface area (Å²) in [5.74, 6) is 3.09. The maximum Gasteiger partial charge on any atom is 0.110 e. The van der Waals surface area contributed by atoms with E-state index in [4.69, 9.17) is 5.73 Å². The molecule has 3 unspecified atom stereocenters. The molecule has 2 N–H and O–H groups in total. The molecule has 0 aromatic carbocycles. The largest absolute Gasteiger partial charge is 0.335 e. The second-order valence-electron chi connectivity index (χ2n) is 8.57. The standard InChI is InChI=1S/C18H29N3/c1-3-21-5-4-20-16(21)7-15(19)18-10-13-6-14(11-18)9-17(2,8-13)12-18/h4-5,13-15H,3,6-12,19H2,1-2H3. The van der Waals surface area contributed by atoms with Gasteiger partial charge in [-0.3, -0.25) is 0 Å². The van der Waals surface area contributed by atoms with Gasteiger partial charge in [0.2, 0.25) is 0 Å². The summed E-state index contributed by atoms with van der Waals surface area (Å²) in [4.78, 5) is 4.55. The van der Waals surface area contributed by atoms with E-state index in [0.717, 1.165) is 24.8 Å². The lowest BCUT2D eigenvalue weighted by molar-refractivity contribution is -0.113. The fraction of sp³-hybridized carbons (Fsp3) is 0.833. The van der Waals surface area contributed by atoms with Crippen LogP contribution in [0.15, 0.2) is 12.4 Å². The number of imidazole rings is 1. The van der Waals surface area contributed by atoms with Gasteiger partial charge in [-0.15, -0.1) is 0 Å². The summed E-state index contributed by atoms with van der Waals surface area (Å²) in [6, 6.07) is 0.287. The van der Waals surface area contributed by atoms with Crippen molar-refractivity contribution >= 4 is 0 Å². The molecule has 1 aromatic heterocycles. The minimum absolute atomic E-state index is 0.287. The average Bonchev–Trinajstić information content (AvgIpc) is 2.83. The Morgan fingerprint density at radius 3 is 2.67 bits per heavy atom. The van der Waals surface area contributed by atoms with Crippen LogP contribution in [-0.2, 0) is 13.0 Å². The first-order valence-electron chi connectivity index (χ1n) is 8.77. The van der Waals surface area contributed by atoms with Gasteiger partial charge in [-0.05, 0) is 68.1 Å². The molecule has 0 amide bonds. The summed E-state index contributed by atoms with van der Waals surface area (Å²) in [6.45, 7) is 5.71. The van der Waals surface area contributed by atoms with Gasteiger partial charge in [0.25, 0.3) is 0 Å². The lowest BCUT2D eigenvalue weighted by Crippen LogP contribution is -2.58. The van der Waals surface area contributed by atoms with E-state index in [1.807, 2.05) is 6.20 Å². The molecule has 4 aliphatic carbocycles. The molecule has 3 heteroatoms. The molecule has 116 valence electrons. The molecule has 0 aliphatic heterocycles. The zero-order chi connectivity index (χ0) is 14.7. The third-order valence-electron chi connectivity index (χ3n) is 6.73. The number of nitrogens with two attached hydrogens (primary N) is 1. The van der Waals surface area contributed by atoms with Crippen molar-refractivity contribution in [3.8, 4) is 0 Å². The number of hydrogen-bond acceptors (Lipinski definition) is 2. The van der Waals surface area contributed by atoms with E-state index < -0.39 is 0 Å². The topological polar surface area (TPSA) is 43.8 Å². The van der Waals surface area contributed by atoms with Crippen molar-refractivity contribution in [1.82, 2.24) is 9.55 Å². The van der Waals surface area contributed by atoms with E-state index in [2.05, 4.69) is 29.6 Å². The predicted octanol–water partition coefficient (Wildman–Crippen LogP) is 3.38. The molecule has 0 radical (unpaired) electrons. The summed E-state index contributed by atoms with van der Waals surface area (Å²) in [6.07, 6.45) is 13.5. The van der Waals surface area contributed by atoms with Crippen LogP contribution in [0, 0.1) is 22.7 Å². The van der Waals surface area contributed by atoms with Crippen LogP contribution < -0.4 is 5.73 Å². The molecular weight excluding hydrogens is 258 g/mol. The minimum atomic E-state index is 0.287. The maximum absolute atomic E-state index is 6.79. The summed E-state index contributed by atoms with van der Waals surface area (Å²) >= 11 is 0. The van der Waals surface area contributed by atoms with Gasteiger partial charge in [0.05, 0.1) is 0 Å². The van der Waals surface area contributed by atoms with Gasteiger partial charge < -0.3 is 10.3 Å². The lowest BCUT2D eigenvalue weighted by atomic mass is 9.43. The monoisotopic (exact) mass is 287 g/mol. The van der Waals surface area contributed by atoms with E-state index in [-0.39, 0.29) is 6.04 Å². The number of nitrogens with zero attached hydrogens (tertiary/aromatic N) is 2. The molecule has 4 saturated carbocycles. The summed E-state index contributed by atoms with van der Waals surface area (Å²) in [5, 5.41) is 0. The zero-order valence-corrected chi connectivity index (χ0v) is 13.5. The molecule has 3 nitrogen and oxygen atoms in total. The lowest BCUT2D eigenvalue weighted by Gasteiger charge is -2.63. The van der Waals surface area contributed by atoms with Crippen LogP contribution >= 0.6 is 0 Å². The first kappa shape index (κ1) is 13.8. The van der Waals surface area contributed by atoms with Crippen LogP contribution in [0.1, 0.15) is 58.2 Å². The van der Waals surface area contributed by atoms with Crippen molar-refractivity contribution in [3.63, 3.8) is 0 Å². The van der Waals surface area contributed by atoms with Gasteiger partial charge >= 0.3 is 0 Å². The van der Waals surface area contributed by atoms with Crippen LogP contribution in [0.3, 0.4) is 0 Å². The van der Waals surface area contributed by atoms with E-state index in [0.29, 0.717) is 10.8 Å². The van der Waals surface area contributed by atoms with Gasteiger partial charge in [-0.2, -0.15) is 0 Å². The Morgan fingerprint density at radius 2 is 2.05 bits per heavy atom. The Bertz CT molecular complexity index is 518. The Balaban J connectivity index is 1.58. The van der Waals surface area contributed by atoms with Crippen molar-refractivity contribution in [2.75, 3.05) is 0 Å². The Kier molecular flexibility index (Phi) is 3.01. The molecule has 3 atom stereocenters. The van der Waals surface area contributed by atoms with Gasteiger partial charge in [0.1, 0.15) is 5.82 Å². The van der Waals surface area contributed by atoms with Crippen LogP contribution in [-0.4, -0.2) is 15.6 Å². The third kappa shape index (κ3) is 2.16. The maximum atomic E-state index is 6.79. The first-order chi connectivity index (χ1) is 10.0. The fourth-order valence-electron chi connectivity index (χ4n) is 6.46. The zero-order valence-electron chi connectivity index (χ0n) is 13.5. The van der Waals surface area contributed by atoms with E-state index in [1.165, 1.54) is 44.3 Å². The fourth-order valence-corrected chi connectivity index (χ4v) is 6.46. The van der Waals surface area contributed by atoms with Gasteiger partial charge in [0, 0.05) is 31.4 Å². The van der Waals surface area contributed by atoms with Crippen LogP contribution in [0.5, 0.6) is 0 Å². The normalized spacial score (nSPS) is 42.4. The van der Waals surface area contributed by atoms with E-state index in [1.54, 1.807) is 0 Å². The average molecular weight is 287 g/mol. The third-order valence-corrected chi connectivity index (χ3v) is 6.73. The SMILES string of the molecule is CCn1ccnc1CC(N)C12CC3CC(CC(C)(C3)C1)C2. The number of hydrogen-bond donors (Lipinski definition) is 1. The molecule has 4 fully saturated rings. The van der Waals surface area contributed by atoms with Gasteiger partial charge in [-0.25, -0.2) is 4.98 Å². The van der Waals surface area contributed by atoms with Crippen LogP contribution in [0.4, 0.5) is 0 Å². The Morgan fingerprint density at radius 1 is 1.33 bits per heavy atom. The molecule has 1 aromatic rings. The minimum Gasteiger partial charge on any atom is -0.335 e. The van der Waals surface area contributed by atoms with Crippen LogP contribution in [0.25, 0.3) is 0 Å². The first-order valence-corrected chi connectivity index (χ1v) is 8.77. The highest BCUT2D eigenvalue weighted by Gasteiger charge is 2.57. The van der Waals surface area contributed by atoms with Crippen LogP contribution in [0.2, 0.25) is 0 Å². The van der Waals surface area contributed by atoms with Crippen molar-refractivity contribution in [1.29, 1.82) is 0 Å². The van der Waals surface area contributed by atoms with Gasteiger partial charge in [0.15, 0.2) is 0 Å². The van der Waals surface area contributed by atoms with Crippen molar-refractivity contribution < 1.29 is 0 Å². The Labute approximate surface area is 128 Å². The summed E-state index contributed by atoms with van der Waals surface area (Å²) in [7, 11) is 0. The predicted molar refractivity (Wildman–Crippen MR) is 84.8 cm³/mol. The number of aromatic nitrogens is 2. The number of aryl methyl sites for hydroxylation is 1. The van der Waals surface area contributed by atoms with Crippen molar-refractivity contribution in [3.05, 3.63) is 18.2 Å². The molecule has 4 aliphatic rings. The van der Waals surface area contributed by atoms with E-state index in [9.17, 15) is 0 Å². The second-order valence-corrected chi connectivity index (χ2v) is 8.57. The highest BCUT2D eigenvalue weighted by atomic mass is 15.1. The molecule has 5 rings (SSSR count). The molecule has 1 heterocycles. The molecule has 0 spiro atoms. The molecule has 0 saturated heterocycles. The quantitative estimate of drug-likeness (QED) is 0.922. The van der Waals surface area contributed by atoms with E-state index >= 15 is 0 Å². The van der Waals surface area contributed by atoms with Crippen molar-refractivity contribution in [2.45, 2.75) is 71.4 Å². The summed E-state index contributed by atoms with van der Waals surface area (Å²) < 4.78 is 2.25. The van der Waals surface area contributed by atoms with Gasteiger partial charge in [-0.1, -0.05) is 6.92 Å². The summed E-state index contributed by atoms with van der Waals surface area (Å²) in [5.41, 5.74) is 7.78. The highest BCUT2D eigenvalue weighted by molar-refractivity contribution is 5.11. The molecule has 4 bridgehead atoms. The van der Waals surface area contributed by atoms with Crippen molar-refractivity contribution in [2.24, 2.45) is 28.4 Å². The molecule has 21 heavy (non-hydrogen) atoms. The second kappa shape index (κ2) is 4.58. The molecular formula is C18H29N3. The number of rotatable bonds is 4.